The highest BCUT2D eigenvalue weighted by Crippen LogP contribution is 2.29. The van der Waals surface area contributed by atoms with Crippen LogP contribution in [0, 0.1) is 0 Å². The Bertz CT molecular complexity index is 822. The average Bonchev–Trinajstić information content (AvgIpc) is 2.65. The van der Waals surface area contributed by atoms with E-state index in [1.54, 1.807) is 24.3 Å². The monoisotopic (exact) mass is 367 g/mol. The molecule has 0 heterocycles. The highest BCUT2D eigenvalue weighted by molar-refractivity contribution is 7.89. The number of rotatable bonds is 8. The largest absolute Gasteiger partial charge is 0.497 e. The van der Waals surface area contributed by atoms with E-state index in [4.69, 9.17) is 14.2 Å². The van der Waals surface area contributed by atoms with Crippen LogP contribution in [-0.4, -0.2) is 41.4 Å². The second kappa shape index (κ2) is 8.19. The van der Waals surface area contributed by atoms with Gasteiger partial charge in [0.1, 0.15) is 5.75 Å². The minimum Gasteiger partial charge on any atom is -0.497 e. The molecule has 2 aromatic rings. The fourth-order valence-electron chi connectivity index (χ4n) is 2.22. The van der Waals surface area contributed by atoms with Crippen LogP contribution in [-0.2, 0) is 10.0 Å². The number of benzene rings is 2. The van der Waals surface area contributed by atoms with Crippen LogP contribution in [0.25, 0.3) is 0 Å². The van der Waals surface area contributed by atoms with Gasteiger partial charge in [-0.05, 0) is 29.8 Å². The predicted molar refractivity (Wildman–Crippen MR) is 92.7 cm³/mol. The normalized spacial score (nSPS) is 12.5. The second-order valence-electron chi connectivity index (χ2n) is 5.16. The van der Waals surface area contributed by atoms with Gasteiger partial charge < -0.3 is 19.3 Å². The van der Waals surface area contributed by atoms with E-state index >= 15 is 0 Å². The quantitative estimate of drug-likeness (QED) is 0.738. The van der Waals surface area contributed by atoms with Crippen LogP contribution in [0.15, 0.2) is 47.4 Å². The van der Waals surface area contributed by atoms with Gasteiger partial charge in [0.25, 0.3) is 0 Å². The summed E-state index contributed by atoms with van der Waals surface area (Å²) in [4.78, 5) is 0.0167. The third kappa shape index (κ3) is 4.62. The summed E-state index contributed by atoms with van der Waals surface area (Å²) in [6, 6.07) is 11.1. The Balaban J connectivity index is 2.13. The lowest BCUT2D eigenvalue weighted by molar-refractivity contribution is 0.181. The van der Waals surface area contributed by atoms with Gasteiger partial charge >= 0.3 is 0 Å². The molecule has 0 aliphatic carbocycles. The van der Waals surface area contributed by atoms with E-state index in [9.17, 15) is 13.5 Å². The summed E-state index contributed by atoms with van der Waals surface area (Å²) in [5, 5.41) is 10.2. The Kier molecular flexibility index (Phi) is 6.24. The van der Waals surface area contributed by atoms with Crippen LogP contribution in [0.3, 0.4) is 0 Å². The molecule has 136 valence electrons. The maximum absolute atomic E-state index is 12.4. The first-order chi connectivity index (χ1) is 11.9. The van der Waals surface area contributed by atoms with Gasteiger partial charge in [-0.3, -0.25) is 0 Å². The summed E-state index contributed by atoms with van der Waals surface area (Å²) in [6.45, 7) is -0.177. The smallest absolute Gasteiger partial charge is 0.240 e. The Morgan fingerprint density at radius 3 is 2.36 bits per heavy atom. The van der Waals surface area contributed by atoms with Crippen molar-refractivity contribution in [2.45, 2.75) is 11.0 Å². The van der Waals surface area contributed by atoms with Crippen LogP contribution in [0.4, 0.5) is 0 Å². The van der Waals surface area contributed by atoms with Gasteiger partial charge in [-0.2, -0.15) is 0 Å². The van der Waals surface area contributed by atoms with E-state index in [-0.39, 0.29) is 11.4 Å². The van der Waals surface area contributed by atoms with E-state index in [2.05, 4.69) is 4.72 Å². The second-order valence-corrected chi connectivity index (χ2v) is 6.93. The maximum Gasteiger partial charge on any atom is 0.240 e. The van der Waals surface area contributed by atoms with E-state index in [1.807, 2.05) is 0 Å². The van der Waals surface area contributed by atoms with Crippen molar-refractivity contribution < 1.29 is 27.7 Å². The Hall–Kier alpha value is -2.29. The summed E-state index contributed by atoms with van der Waals surface area (Å²) in [7, 11) is 0.598. The lowest BCUT2D eigenvalue weighted by Crippen LogP contribution is -2.28. The highest BCUT2D eigenvalue weighted by atomic mass is 32.2. The summed E-state index contributed by atoms with van der Waals surface area (Å²) < 4.78 is 42.5. The Morgan fingerprint density at radius 1 is 1.00 bits per heavy atom. The van der Waals surface area contributed by atoms with Gasteiger partial charge in [0.2, 0.25) is 10.0 Å². The molecule has 25 heavy (non-hydrogen) atoms. The number of hydrogen-bond donors (Lipinski definition) is 2. The molecule has 0 fully saturated rings. The van der Waals surface area contributed by atoms with Crippen LogP contribution >= 0.6 is 0 Å². The molecule has 0 aliphatic heterocycles. The molecule has 2 rings (SSSR count). The lowest BCUT2D eigenvalue weighted by atomic mass is 10.1. The molecule has 0 saturated heterocycles. The van der Waals surface area contributed by atoms with Gasteiger partial charge in [-0.25, -0.2) is 13.1 Å². The van der Waals surface area contributed by atoms with E-state index < -0.39 is 16.1 Å². The molecule has 1 unspecified atom stereocenters. The molecule has 2 N–H and O–H groups in total. The zero-order chi connectivity index (χ0) is 18.4. The number of aliphatic hydroxyl groups excluding tert-OH is 1. The number of ether oxygens (including phenoxy) is 3. The van der Waals surface area contributed by atoms with Crippen molar-refractivity contribution in [1.82, 2.24) is 4.72 Å². The maximum atomic E-state index is 12.4. The molecular formula is C17H21NO6S. The minimum atomic E-state index is -3.81. The van der Waals surface area contributed by atoms with Crippen molar-refractivity contribution in [3.8, 4) is 17.2 Å². The topological polar surface area (TPSA) is 94.1 Å². The number of nitrogens with one attached hydrogen (secondary N) is 1. The van der Waals surface area contributed by atoms with E-state index in [0.717, 1.165) is 0 Å². The molecule has 0 aliphatic rings. The molecule has 2 aromatic carbocycles. The molecule has 0 radical (unpaired) electrons. The third-order valence-corrected chi connectivity index (χ3v) is 5.03. The molecule has 0 saturated carbocycles. The van der Waals surface area contributed by atoms with E-state index in [0.29, 0.717) is 22.8 Å². The van der Waals surface area contributed by atoms with Gasteiger partial charge in [0, 0.05) is 12.6 Å². The third-order valence-electron chi connectivity index (χ3n) is 3.61. The first-order valence-corrected chi connectivity index (χ1v) is 8.93. The van der Waals surface area contributed by atoms with Crippen molar-refractivity contribution in [1.29, 1.82) is 0 Å². The van der Waals surface area contributed by atoms with Crippen molar-refractivity contribution in [2.75, 3.05) is 27.9 Å². The zero-order valence-corrected chi connectivity index (χ0v) is 15.0. The first kappa shape index (κ1) is 19.0. The van der Waals surface area contributed by atoms with Crippen LogP contribution in [0.2, 0.25) is 0 Å². The minimum absolute atomic E-state index is 0.0167. The predicted octanol–water partition coefficient (Wildman–Crippen LogP) is 1.72. The van der Waals surface area contributed by atoms with Crippen LogP contribution in [0.1, 0.15) is 11.7 Å². The summed E-state index contributed by atoms with van der Waals surface area (Å²) >= 11 is 0. The van der Waals surface area contributed by atoms with Gasteiger partial charge in [0.15, 0.2) is 11.5 Å². The number of hydrogen-bond acceptors (Lipinski definition) is 6. The molecule has 0 aromatic heterocycles. The Labute approximate surface area is 147 Å². The molecular weight excluding hydrogens is 346 g/mol. The zero-order valence-electron chi connectivity index (χ0n) is 14.2. The number of sulfonamides is 1. The van der Waals surface area contributed by atoms with Gasteiger partial charge in [-0.15, -0.1) is 0 Å². The lowest BCUT2D eigenvalue weighted by Gasteiger charge is -2.14. The molecule has 1 atom stereocenters. The van der Waals surface area contributed by atoms with Gasteiger partial charge in [-0.1, -0.05) is 12.1 Å². The standard InChI is InChI=1S/C17H21NO6S/c1-22-13-6-4-5-12(9-13)15(19)11-18-25(20,21)14-7-8-16(23-2)17(10-14)24-3/h4-10,15,18-19H,11H2,1-3H3. The van der Waals surface area contributed by atoms with Crippen LogP contribution < -0.4 is 18.9 Å². The number of aliphatic hydroxyl groups is 1. The molecule has 0 bridgehead atoms. The SMILES string of the molecule is COc1cccc(C(O)CNS(=O)(=O)c2ccc(OC)c(OC)c2)c1. The van der Waals surface area contributed by atoms with Crippen molar-refractivity contribution >= 4 is 10.0 Å². The molecule has 8 heteroatoms. The summed E-state index contributed by atoms with van der Waals surface area (Å²) in [5.41, 5.74) is 0.550. The van der Waals surface area contributed by atoms with E-state index in [1.165, 1.54) is 39.5 Å². The highest BCUT2D eigenvalue weighted by Gasteiger charge is 2.19. The van der Waals surface area contributed by atoms with Crippen molar-refractivity contribution in [3.63, 3.8) is 0 Å². The first-order valence-electron chi connectivity index (χ1n) is 7.45. The van der Waals surface area contributed by atoms with Crippen molar-refractivity contribution in [3.05, 3.63) is 48.0 Å². The average molecular weight is 367 g/mol. The summed E-state index contributed by atoms with van der Waals surface area (Å²) in [5.74, 6) is 1.32. The number of methoxy groups -OCH3 is 3. The molecule has 0 amide bonds. The fourth-order valence-corrected chi connectivity index (χ4v) is 3.28. The van der Waals surface area contributed by atoms with Gasteiger partial charge in [0.05, 0.1) is 32.3 Å². The molecule has 0 spiro atoms. The Morgan fingerprint density at radius 2 is 1.72 bits per heavy atom. The van der Waals surface area contributed by atoms with Crippen molar-refractivity contribution in [2.24, 2.45) is 0 Å². The van der Waals surface area contributed by atoms with Crippen LogP contribution in [0.5, 0.6) is 17.2 Å². The molecule has 7 nitrogen and oxygen atoms in total. The fraction of sp³-hybridized carbons (Fsp3) is 0.294. The summed E-state index contributed by atoms with van der Waals surface area (Å²) in [6.07, 6.45) is -1.01.